The van der Waals surface area contributed by atoms with Crippen molar-refractivity contribution < 1.29 is 10.2 Å². The third-order valence-corrected chi connectivity index (χ3v) is 8.43. The molecule has 0 radical (unpaired) electrons. The van der Waals surface area contributed by atoms with Gasteiger partial charge in [0.2, 0.25) is 0 Å². The number of hydrogen-bond acceptors (Lipinski definition) is 2. The summed E-state index contributed by atoms with van der Waals surface area (Å²) in [5, 5.41) is 23.6. The van der Waals surface area contributed by atoms with Gasteiger partial charge in [0.05, 0.1) is 5.41 Å². The number of rotatable bonds is 6. The highest BCUT2D eigenvalue weighted by atomic mass is 16.3. The Morgan fingerprint density at radius 2 is 0.846 bits per heavy atom. The average molecular weight is 507 g/mol. The van der Waals surface area contributed by atoms with Crippen molar-refractivity contribution >= 4 is 21.5 Å². The van der Waals surface area contributed by atoms with Crippen molar-refractivity contribution in [1.29, 1.82) is 0 Å². The van der Waals surface area contributed by atoms with Gasteiger partial charge in [-0.25, -0.2) is 0 Å². The highest BCUT2D eigenvalue weighted by Crippen LogP contribution is 2.56. The van der Waals surface area contributed by atoms with E-state index in [0.29, 0.717) is 12.8 Å². The monoisotopic (exact) mass is 506 g/mol. The molecule has 1 aliphatic carbocycles. The molecule has 0 amide bonds. The van der Waals surface area contributed by atoms with Crippen molar-refractivity contribution in [2.24, 2.45) is 0 Å². The van der Waals surface area contributed by atoms with E-state index >= 15 is 0 Å². The predicted octanol–water partition coefficient (Wildman–Crippen LogP) is 7.43. The maximum Gasteiger partial charge on any atom is 0.0714 e. The fourth-order valence-corrected chi connectivity index (χ4v) is 6.65. The van der Waals surface area contributed by atoms with E-state index < -0.39 is 5.41 Å². The fourth-order valence-electron chi connectivity index (χ4n) is 6.65. The van der Waals surface area contributed by atoms with Crippen LogP contribution in [0.1, 0.15) is 33.4 Å². The van der Waals surface area contributed by atoms with Gasteiger partial charge in [-0.2, -0.15) is 0 Å². The van der Waals surface area contributed by atoms with Gasteiger partial charge < -0.3 is 10.2 Å². The second kappa shape index (κ2) is 9.50. The van der Waals surface area contributed by atoms with E-state index in [2.05, 4.69) is 121 Å². The summed E-state index contributed by atoms with van der Waals surface area (Å²) in [6.45, 7) is 0.313. The van der Waals surface area contributed by atoms with Gasteiger partial charge in [-0.1, -0.05) is 109 Å². The van der Waals surface area contributed by atoms with Crippen LogP contribution in [0.2, 0.25) is 0 Å². The maximum absolute atomic E-state index is 9.43. The Kier molecular flexibility index (Phi) is 5.81. The maximum atomic E-state index is 9.43. The van der Waals surface area contributed by atoms with Crippen LogP contribution in [0.25, 0.3) is 32.7 Å². The minimum absolute atomic E-state index is 0.156. The van der Waals surface area contributed by atoms with E-state index in [1.54, 1.807) is 0 Å². The van der Waals surface area contributed by atoms with Crippen molar-refractivity contribution in [3.05, 3.63) is 155 Å². The number of fused-ring (bicyclic) bond motifs is 5. The molecule has 0 saturated carbocycles. The Balaban J connectivity index is 1.52. The van der Waals surface area contributed by atoms with E-state index in [4.69, 9.17) is 0 Å². The highest BCUT2D eigenvalue weighted by molar-refractivity contribution is 5.91. The summed E-state index contributed by atoms with van der Waals surface area (Å²) >= 11 is 0. The van der Waals surface area contributed by atoms with E-state index in [0.717, 1.165) is 11.1 Å². The zero-order valence-corrected chi connectivity index (χ0v) is 21.8. The van der Waals surface area contributed by atoms with Crippen molar-refractivity contribution in [2.75, 3.05) is 13.2 Å². The van der Waals surface area contributed by atoms with Crippen LogP contribution >= 0.6 is 0 Å². The second-order valence-electron chi connectivity index (χ2n) is 10.6. The van der Waals surface area contributed by atoms with Crippen LogP contribution in [0.15, 0.2) is 121 Å². The number of aliphatic hydroxyl groups is 2. The van der Waals surface area contributed by atoms with Gasteiger partial charge in [-0.15, -0.1) is 0 Å². The van der Waals surface area contributed by atoms with Crippen molar-refractivity contribution in [2.45, 2.75) is 18.3 Å². The molecule has 7 rings (SSSR count). The average Bonchev–Trinajstić information content (AvgIpc) is 3.28. The molecule has 0 atom stereocenters. The molecule has 0 aromatic heterocycles. The molecular weight excluding hydrogens is 476 g/mol. The third-order valence-electron chi connectivity index (χ3n) is 8.43. The topological polar surface area (TPSA) is 40.5 Å². The molecule has 0 bridgehead atoms. The lowest BCUT2D eigenvalue weighted by atomic mass is 9.67. The largest absolute Gasteiger partial charge is 0.396 e. The first kappa shape index (κ1) is 23.8. The van der Waals surface area contributed by atoms with Gasteiger partial charge >= 0.3 is 0 Å². The summed E-state index contributed by atoms with van der Waals surface area (Å²) < 4.78 is 0. The van der Waals surface area contributed by atoms with Crippen LogP contribution < -0.4 is 0 Å². The summed E-state index contributed by atoms with van der Waals surface area (Å²) in [5.41, 5.74) is 9.52. The summed E-state index contributed by atoms with van der Waals surface area (Å²) in [5.74, 6) is 0. The first-order valence-electron chi connectivity index (χ1n) is 13.7. The molecule has 0 aliphatic heterocycles. The summed E-state index contributed by atoms with van der Waals surface area (Å²) in [7, 11) is 0. The van der Waals surface area contributed by atoms with Crippen LogP contribution in [0.3, 0.4) is 0 Å². The zero-order chi connectivity index (χ0) is 26.4. The number of hydrogen-bond donors (Lipinski definition) is 2. The number of aliphatic hydroxyl groups excluding tert-OH is 2. The molecule has 1 aliphatic rings. The van der Waals surface area contributed by atoms with E-state index in [-0.39, 0.29) is 13.2 Å². The van der Waals surface area contributed by atoms with Crippen LogP contribution in [0.4, 0.5) is 0 Å². The highest BCUT2D eigenvalue weighted by Gasteiger charge is 2.46. The van der Waals surface area contributed by atoms with Crippen LogP contribution in [0.5, 0.6) is 0 Å². The molecule has 0 unspecified atom stereocenters. The van der Waals surface area contributed by atoms with Crippen molar-refractivity contribution in [3.63, 3.8) is 0 Å². The Labute approximate surface area is 228 Å². The summed E-state index contributed by atoms with van der Waals surface area (Å²) in [6, 6.07) is 44.4. The Hall–Kier alpha value is -4.24. The number of benzene rings is 6. The van der Waals surface area contributed by atoms with E-state index in [9.17, 15) is 10.2 Å². The SMILES string of the molecule is OCCc1ccc2cc(C3(c4ccc5cc(CCO)ccc5c4)c4ccccc4-c4ccccc43)ccc2c1. The van der Waals surface area contributed by atoms with Gasteiger partial charge in [-0.3, -0.25) is 0 Å². The first-order chi connectivity index (χ1) is 19.2. The molecule has 0 spiro atoms. The molecule has 2 nitrogen and oxygen atoms in total. The molecule has 2 N–H and O–H groups in total. The summed E-state index contributed by atoms with van der Waals surface area (Å²) in [6.07, 6.45) is 1.33. The van der Waals surface area contributed by atoms with E-state index in [1.165, 1.54) is 54.9 Å². The van der Waals surface area contributed by atoms with Gasteiger partial charge in [0.1, 0.15) is 0 Å². The minimum Gasteiger partial charge on any atom is -0.396 e. The minimum atomic E-state index is -0.455. The third kappa shape index (κ3) is 3.71. The van der Waals surface area contributed by atoms with Crippen LogP contribution in [-0.2, 0) is 18.3 Å². The quantitative estimate of drug-likeness (QED) is 0.246. The fraction of sp³-hybridized carbons (Fsp3) is 0.135. The molecule has 6 aromatic carbocycles. The van der Waals surface area contributed by atoms with Gasteiger partial charge in [0.25, 0.3) is 0 Å². The molecule has 190 valence electrons. The Morgan fingerprint density at radius 1 is 0.436 bits per heavy atom. The smallest absolute Gasteiger partial charge is 0.0714 e. The summed E-state index contributed by atoms with van der Waals surface area (Å²) in [4.78, 5) is 0. The van der Waals surface area contributed by atoms with Crippen molar-refractivity contribution in [1.82, 2.24) is 0 Å². The normalized spacial score (nSPS) is 13.5. The van der Waals surface area contributed by atoms with Gasteiger partial charge in [-0.05, 0) is 91.0 Å². The second-order valence-corrected chi connectivity index (χ2v) is 10.6. The molecular formula is C37H30O2. The Bertz CT molecular complexity index is 1710. The molecule has 0 saturated heterocycles. The van der Waals surface area contributed by atoms with E-state index in [1.807, 2.05) is 0 Å². The van der Waals surface area contributed by atoms with Gasteiger partial charge in [0.15, 0.2) is 0 Å². The molecule has 6 aromatic rings. The van der Waals surface area contributed by atoms with Gasteiger partial charge in [0, 0.05) is 13.2 Å². The lowest BCUT2D eigenvalue weighted by molar-refractivity contribution is 0.299. The molecule has 2 heteroatoms. The zero-order valence-electron chi connectivity index (χ0n) is 21.8. The lowest BCUT2D eigenvalue weighted by Gasteiger charge is -2.34. The molecule has 0 heterocycles. The first-order valence-corrected chi connectivity index (χ1v) is 13.7. The van der Waals surface area contributed by atoms with Crippen LogP contribution in [0, 0.1) is 0 Å². The lowest BCUT2D eigenvalue weighted by Crippen LogP contribution is -2.28. The molecule has 39 heavy (non-hydrogen) atoms. The van der Waals surface area contributed by atoms with Crippen LogP contribution in [-0.4, -0.2) is 23.4 Å². The molecule has 0 fully saturated rings. The Morgan fingerprint density at radius 3 is 1.31 bits per heavy atom. The standard InChI is InChI=1S/C37H30O2/c38-19-17-25-9-11-29-23-31(15-13-27(29)21-25)37(32-16-14-28-22-26(18-20-39)10-12-30(28)24-32)35-7-3-1-5-33(35)34-6-2-4-8-36(34)37/h1-16,21-24,38-39H,17-20H2. The van der Waals surface area contributed by atoms with Crippen molar-refractivity contribution in [3.8, 4) is 11.1 Å². The predicted molar refractivity (Wildman–Crippen MR) is 160 cm³/mol.